The summed E-state index contributed by atoms with van der Waals surface area (Å²) in [5.74, 6) is 0.310. The summed E-state index contributed by atoms with van der Waals surface area (Å²) < 4.78 is 0. The summed E-state index contributed by atoms with van der Waals surface area (Å²) in [6, 6.07) is 4.13. The molecular weight excluding hydrogens is 244 g/mol. The van der Waals surface area contributed by atoms with Crippen LogP contribution in [-0.4, -0.2) is 11.4 Å². The van der Waals surface area contributed by atoms with E-state index in [1.54, 1.807) is 11.3 Å². The van der Waals surface area contributed by atoms with Gasteiger partial charge in [-0.2, -0.15) is 0 Å². The van der Waals surface area contributed by atoms with Crippen molar-refractivity contribution in [1.29, 1.82) is 0 Å². The van der Waals surface area contributed by atoms with Crippen LogP contribution in [-0.2, 0) is 4.79 Å². The average Bonchev–Trinajstić information content (AvgIpc) is 2.87. The topological polar surface area (TPSA) is 55.1 Å². The summed E-state index contributed by atoms with van der Waals surface area (Å²) >= 11 is 1.67. The van der Waals surface area contributed by atoms with Crippen LogP contribution in [0.1, 0.15) is 51.5 Å². The van der Waals surface area contributed by atoms with E-state index in [4.69, 9.17) is 5.73 Å². The second-order valence-electron chi connectivity index (χ2n) is 5.07. The number of rotatable bonds is 6. The lowest BCUT2D eigenvalue weighted by Gasteiger charge is -2.30. The smallest absolute Gasteiger partial charge is 0.240 e. The van der Waals surface area contributed by atoms with E-state index in [9.17, 15) is 4.79 Å². The number of thiophene rings is 1. The van der Waals surface area contributed by atoms with Crippen molar-refractivity contribution < 1.29 is 4.79 Å². The van der Waals surface area contributed by atoms with Crippen molar-refractivity contribution in [2.45, 2.75) is 52.1 Å². The number of hydrogen-bond donors (Lipinski definition) is 2. The van der Waals surface area contributed by atoms with Crippen molar-refractivity contribution in [2.24, 2.45) is 11.7 Å². The Balaban J connectivity index is 2.83. The van der Waals surface area contributed by atoms with Gasteiger partial charge in [-0.05, 0) is 30.2 Å². The van der Waals surface area contributed by atoms with Gasteiger partial charge >= 0.3 is 0 Å². The summed E-state index contributed by atoms with van der Waals surface area (Å²) in [5, 5.41) is 5.14. The lowest BCUT2D eigenvalue weighted by Crippen LogP contribution is -2.54. The summed E-state index contributed by atoms with van der Waals surface area (Å²) in [7, 11) is 0. The van der Waals surface area contributed by atoms with E-state index in [0.717, 1.165) is 0 Å². The van der Waals surface area contributed by atoms with Gasteiger partial charge in [0.2, 0.25) is 5.91 Å². The largest absolute Gasteiger partial charge is 0.347 e. The fourth-order valence-corrected chi connectivity index (χ4v) is 2.84. The molecule has 18 heavy (non-hydrogen) atoms. The average molecular weight is 268 g/mol. The molecule has 0 aliphatic rings. The van der Waals surface area contributed by atoms with Crippen LogP contribution in [0.25, 0.3) is 0 Å². The second kappa shape index (κ2) is 6.34. The fraction of sp³-hybridized carbons (Fsp3) is 0.643. The van der Waals surface area contributed by atoms with Crippen LogP contribution in [0.3, 0.4) is 0 Å². The molecule has 0 aromatic carbocycles. The van der Waals surface area contributed by atoms with Gasteiger partial charge in [0.25, 0.3) is 0 Å². The Kier molecular flexibility index (Phi) is 5.35. The van der Waals surface area contributed by atoms with Crippen molar-refractivity contribution in [3.63, 3.8) is 0 Å². The highest BCUT2D eigenvalue weighted by Gasteiger charge is 2.32. The van der Waals surface area contributed by atoms with E-state index in [1.165, 1.54) is 4.88 Å². The third kappa shape index (κ3) is 3.33. The monoisotopic (exact) mass is 268 g/mol. The number of amides is 1. The number of nitrogens with two attached hydrogens (primary N) is 1. The van der Waals surface area contributed by atoms with Gasteiger partial charge in [-0.25, -0.2) is 0 Å². The minimum absolute atomic E-state index is 0.0420. The van der Waals surface area contributed by atoms with E-state index < -0.39 is 5.54 Å². The third-order valence-corrected chi connectivity index (χ3v) is 4.47. The first-order valence-electron chi connectivity index (χ1n) is 6.57. The van der Waals surface area contributed by atoms with Crippen molar-refractivity contribution >= 4 is 17.2 Å². The first kappa shape index (κ1) is 15.2. The minimum atomic E-state index is -0.746. The first-order chi connectivity index (χ1) is 8.44. The molecule has 0 spiro atoms. The van der Waals surface area contributed by atoms with E-state index in [-0.39, 0.29) is 11.9 Å². The summed E-state index contributed by atoms with van der Waals surface area (Å²) in [6.07, 6.45) is 1.31. The molecule has 0 aliphatic carbocycles. The fourth-order valence-electron chi connectivity index (χ4n) is 1.89. The molecule has 0 saturated heterocycles. The highest BCUT2D eigenvalue weighted by molar-refractivity contribution is 7.10. The van der Waals surface area contributed by atoms with Crippen molar-refractivity contribution in [1.82, 2.24) is 5.32 Å². The van der Waals surface area contributed by atoms with Gasteiger partial charge in [-0.1, -0.05) is 33.8 Å². The Bertz CT molecular complexity index is 369. The zero-order valence-electron chi connectivity index (χ0n) is 11.7. The van der Waals surface area contributed by atoms with E-state index in [2.05, 4.69) is 25.2 Å². The van der Waals surface area contributed by atoms with Gasteiger partial charge in [0.1, 0.15) is 0 Å². The quantitative estimate of drug-likeness (QED) is 0.833. The molecule has 1 amide bonds. The normalized spacial score (nSPS) is 13.7. The van der Waals surface area contributed by atoms with Gasteiger partial charge in [-0.15, -0.1) is 11.3 Å². The molecule has 0 fully saturated rings. The minimum Gasteiger partial charge on any atom is -0.347 e. The Morgan fingerprint density at radius 3 is 2.44 bits per heavy atom. The van der Waals surface area contributed by atoms with E-state index >= 15 is 0 Å². The highest BCUT2D eigenvalue weighted by atomic mass is 32.1. The number of carbonyl (C=O) groups is 1. The molecule has 4 heteroatoms. The zero-order valence-corrected chi connectivity index (χ0v) is 12.5. The van der Waals surface area contributed by atoms with E-state index in [1.807, 2.05) is 25.3 Å². The lowest BCUT2D eigenvalue weighted by atomic mass is 9.91. The second-order valence-corrected chi connectivity index (χ2v) is 6.05. The lowest BCUT2D eigenvalue weighted by molar-refractivity contribution is -0.127. The summed E-state index contributed by atoms with van der Waals surface area (Å²) in [6.45, 7) is 8.14. The molecule has 1 heterocycles. The Labute approximate surface area is 114 Å². The zero-order chi connectivity index (χ0) is 13.8. The number of hydrogen-bond acceptors (Lipinski definition) is 3. The van der Waals surface area contributed by atoms with Crippen LogP contribution in [0.5, 0.6) is 0 Å². The molecular formula is C14H24N2OS. The Hall–Kier alpha value is -0.870. The molecule has 102 valence electrons. The molecule has 0 saturated carbocycles. The SMILES string of the molecule is CCC(N)(CC)C(=O)NC(c1cccs1)C(C)C. The van der Waals surface area contributed by atoms with Gasteiger partial charge < -0.3 is 11.1 Å². The van der Waals surface area contributed by atoms with Gasteiger partial charge in [-0.3, -0.25) is 4.79 Å². The van der Waals surface area contributed by atoms with E-state index in [0.29, 0.717) is 18.8 Å². The van der Waals surface area contributed by atoms with Crippen molar-refractivity contribution in [3.05, 3.63) is 22.4 Å². The van der Waals surface area contributed by atoms with Gasteiger partial charge in [0.05, 0.1) is 11.6 Å². The van der Waals surface area contributed by atoms with Crippen molar-refractivity contribution in [3.8, 4) is 0 Å². The molecule has 1 aromatic rings. The Morgan fingerprint density at radius 1 is 1.44 bits per heavy atom. The van der Waals surface area contributed by atoms with Crippen LogP contribution in [0.4, 0.5) is 0 Å². The number of carbonyl (C=O) groups excluding carboxylic acids is 1. The number of nitrogens with one attached hydrogen (secondary N) is 1. The molecule has 3 nitrogen and oxygen atoms in total. The first-order valence-corrected chi connectivity index (χ1v) is 7.45. The van der Waals surface area contributed by atoms with Gasteiger partial charge in [0.15, 0.2) is 0 Å². The standard InChI is InChI=1S/C14H24N2OS/c1-5-14(15,6-2)13(17)16-12(10(3)4)11-8-7-9-18-11/h7-10,12H,5-6,15H2,1-4H3,(H,16,17). The molecule has 0 bridgehead atoms. The molecule has 0 radical (unpaired) electrons. The highest BCUT2D eigenvalue weighted by Crippen LogP contribution is 2.26. The molecule has 1 atom stereocenters. The summed E-state index contributed by atoms with van der Waals surface area (Å²) in [4.78, 5) is 13.5. The van der Waals surface area contributed by atoms with Crippen LogP contribution < -0.4 is 11.1 Å². The molecule has 0 aliphatic heterocycles. The van der Waals surface area contributed by atoms with Gasteiger partial charge in [0, 0.05) is 4.88 Å². The molecule has 1 unspecified atom stereocenters. The maximum atomic E-state index is 12.3. The van der Waals surface area contributed by atoms with Crippen molar-refractivity contribution in [2.75, 3.05) is 0 Å². The molecule has 3 N–H and O–H groups in total. The van der Waals surface area contributed by atoms with Crippen LogP contribution in [0.2, 0.25) is 0 Å². The maximum Gasteiger partial charge on any atom is 0.240 e. The Morgan fingerprint density at radius 2 is 2.06 bits per heavy atom. The molecule has 1 rings (SSSR count). The summed E-state index contributed by atoms with van der Waals surface area (Å²) in [5.41, 5.74) is 5.39. The maximum absolute atomic E-state index is 12.3. The third-order valence-electron chi connectivity index (χ3n) is 3.52. The predicted molar refractivity (Wildman–Crippen MR) is 77.5 cm³/mol. The van der Waals surface area contributed by atoms with Crippen LogP contribution >= 0.6 is 11.3 Å². The molecule has 1 aromatic heterocycles. The van der Waals surface area contributed by atoms with Crippen LogP contribution in [0, 0.1) is 5.92 Å². The predicted octanol–water partition coefficient (Wildman–Crippen LogP) is 3.08. The van der Waals surface area contributed by atoms with Crippen LogP contribution in [0.15, 0.2) is 17.5 Å².